The molecule has 98 valence electrons. The van der Waals surface area contributed by atoms with Crippen molar-refractivity contribution >= 4 is 40.2 Å². The van der Waals surface area contributed by atoms with Crippen molar-refractivity contribution in [2.45, 2.75) is 17.7 Å². The van der Waals surface area contributed by atoms with Crippen LogP contribution in [0.1, 0.15) is 16.9 Å². The molecular formula is C14H13ClN2OS. The van der Waals surface area contributed by atoms with Gasteiger partial charge >= 0.3 is 0 Å². The average Bonchev–Trinajstić information content (AvgIpc) is 3.11. The van der Waals surface area contributed by atoms with Crippen LogP contribution in [-0.4, -0.2) is 39.4 Å². The van der Waals surface area contributed by atoms with Crippen molar-refractivity contribution in [2.24, 2.45) is 0 Å². The van der Waals surface area contributed by atoms with Gasteiger partial charge in [0.2, 0.25) is 0 Å². The maximum absolute atomic E-state index is 12.5. The second-order valence-corrected chi connectivity index (χ2v) is 6.99. The van der Waals surface area contributed by atoms with Crippen molar-refractivity contribution in [3.63, 3.8) is 0 Å². The van der Waals surface area contributed by atoms with Crippen LogP contribution in [0.3, 0.4) is 0 Å². The van der Waals surface area contributed by atoms with Gasteiger partial charge in [0, 0.05) is 39.5 Å². The normalized spacial score (nSPS) is 25.4. The summed E-state index contributed by atoms with van der Waals surface area (Å²) in [7, 11) is 0. The lowest BCUT2D eigenvalue weighted by atomic mass is 10.2. The van der Waals surface area contributed by atoms with E-state index in [4.69, 9.17) is 11.6 Å². The molecule has 5 heteroatoms. The van der Waals surface area contributed by atoms with Crippen LogP contribution in [0.15, 0.2) is 24.3 Å². The molecule has 2 unspecified atom stereocenters. The standard InChI is InChI=1S/C14H13ClN2OS/c15-9-1-2-12-8(3-9)4-13(16-12)14(18)17-6-11-5-10(17)7-19-11/h1-4,10-11,16H,5-7H2. The van der Waals surface area contributed by atoms with Crippen LogP contribution in [-0.2, 0) is 0 Å². The van der Waals surface area contributed by atoms with Crippen molar-refractivity contribution in [1.29, 1.82) is 0 Å². The first-order chi connectivity index (χ1) is 9.20. The number of rotatable bonds is 1. The molecular weight excluding hydrogens is 280 g/mol. The number of hydrogen-bond donors (Lipinski definition) is 1. The minimum absolute atomic E-state index is 0.125. The minimum atomic E-state index is 0.125. The number of nitrogens with zero attached hydrogens (tertiary/aromatic N) is 1. The fraction of sp³-hybridized carbons (Fsp3) is 0.357. The molecule has 0 spiro atoms. The number of likely N-dealkylation sites (tertiary alicyclic amines) is 1. The first kappa shape index (κ1) is 11.7. The lowest BCUT2D eigenvalue weighted by Crippen LogP contribution is -2.39. The van der Waals surface area contributed by atoms with Crippen LogP contribution in [0.2, 0.25) is 5.02 Å². The third-order valence-corrected chi connectivity index (χ3v) is 5.60. The van der Waals surface area contributed by atoms with Gasteiger partial charge in [-0.05, 0) is 30.7 Å². The zero-order valence-corrected chi connectivity index (χ0v) is 11.8. The quantitative estimate of drug-likeness (QED) is 0.876. The SMILES string of the molecule is O=C(c1cc2cc(Cl)ccc2[nH]1)N1CC2CC1CS2. The van der Waals surface area contributed by atoms with E-state index in [1.54, 1.807) is 0 Å². The van der Waals surface area contributed by atoms with Gasteiger partial charge in [-0.25, -0.2) is 0 Å². The van der Waals surface area contributed by atoms with E-state index in [0.717, 1.165) is 29.6 Å². The smallest absolute Gasteiger partial charge is 0.270 e. The Bertz CT molecular complexity index is 669. The lowest BCUT2D eigenvalue weighted by Gasteiger charge is -2.26. The molecule has 3 heterocycles. The maximum atomic E-state index is 12.5. The molecule has 1 amide bonds. The van der Waals surface area contributed by atoms with Crippen molar-refractivity contribution in [3.8, 4) is 0 Å². The number of fused-ring (bicyclic) bond motifs is 3. The van der Waals surface area contributed by atoms with Gasteiger partial charge in [-0.3, -0.25) is 4.79 Å². The Morgan fingerprint density at radius 3 is 3.05 bits per heavy atom. The predicted molar refractivity (Wildman–Crippen MR) is 79.0 cm³/mol. The Hall–Kier alpha value is -1.13. The average molecular weight is 293 g/mol. The summed E-state index contributed by atoms with van der Waals surface area (Å²) in [6.07, 6.45) is 1.16. The number of H-pyrrole nitrogens is 1. The molecule has 1 aromatic heterocycles. The molecule has 0 saturated carbocycles. The number of amides is 1. The van der Waals surface area contributed by atoms with Crippen molar-refractivity contribution < 1.29 is 4.79 Å². The number of halogens is 1. The topological polar surface area (TPSA) is 36.1 Å². The summed E-state index contributed by atoms with van der Waals surface area (Å²) in [4.78, 5) is 17.8. The Balaban J connectivity index is 1.68. The third kappa shape index (κ3) is 1.85. The number of hydrogen-bond acceptors (Lipinski definition) is 2. The molecule has 3 nitrogen and oxygen atoms in total. The molecule has 2 atom stereocenters. The van der Waals surface area contributed by atoms with E-state index in [1.807, 2.05) is 40.9 Å². The summed E-state index contributed by atoms with van der Waals surface area (Å²) >= 11 is 7.97. The zero-order chi connectivity index (χ0) is 13.0. The monoisotopic (exact) mass is 292 g/mol. The maximum Gasteiger partial charge on any atom is 0.270 e. The minimum Gasteiger partial charge on any atom is -0.351 e. The number of aromatic nitrogens is 1. The molecule has 2 aliphatic rings. The molecule has 2 aliphatic heterocycles. The first-order valence-corrected chi connectivity index (χ1v) is 7.84. The van der Waals surface area contributed by atoms with Crippen LogP contribution >= 0.6 is 23.4 Å². The molecule has 4 rings (SSSR count). The van der Waals surface area contributed by atoms with E-state index in [1.165, 1.54) is 0 Å². The molecule has 1 N–H and O–H groups in total. The Kier molecular flexibility index (Phi) is 2.57. The number of benzene rings is 1. The molecule has 1 aromatic carbocycles. The van der Waals surface area contributed by atoms with Crippen LogP contribution in [0.4, 0.5) is 0 Å². The Morgan fingerprint density at radius 2 is 2.32 bits per heavy atom. The highest BCUT2D eigenvalue weighted by Gasteiger charge is 2.41. The number of carbonyl (C=O) groups is 1. The van der Waals surface area contributed by atoms with Gasteiger partial charge in [0.1, 0.15) is 5.69 Å². The van der Waals surface area contributed by atoms with Gasteiger partial charge in [0.05, 0.1) is 0 Å². The predicted octanol–water partition coefficient (Wildman–Crippen LogP) is 3.15. The molecule has 0 radical (unpaired) electrons. The Morgan fingerprint density at radius 1 is 1.42 bits per heavy atom. The molecule has 19 heavy (non-hydrogen) atoms. The highest BCUT2D eigenvalue weighted by Crippen LogP contribution is 2.38. The molecule has 2 fully saturated rings. The molecule has 2 bridgehead atoms. The van der Waals surface area contributed by atoms with Crippen LogP contribution in [0, 0.1) is 0 Å². The fourth-order valence-corrected chi connectivity index (χ4v) is 4.64. The van der Waals surface area contributed by atoms with E-state index in [0.29, 0.717) is 22.0 Å². The van der Waals surface area contributed by atoms with E-state index >= 15 is 0 Å². The van der Waals surface area contributed by atoms with Crippen LogP contribution in [0.5, 0.6) is 0 Å². The second-order valence-electron chi connectivity index (χ2n) is 5.22. The van der Waals surface area contributed by atoms with Gasteiger partial charge in [0.25, 0.3) is 5.91 Å². The summed E-state index contributed by atoms with van der Waals surface area (Å²) in [6.45, 7) is 0.893. The van der Waals surface area contributed by atoms with Gasteiger partial charge in [-0.2, -0.15) is 11.8 Å². The number of nitrogens with one attached hydrogen (secondary N) is 1. The van der Waals surface area contributed by atoms with Crippen LogP contribution < -0.4 is 0 Å². The fourth-order valence-electron chi connectivity index (χ4n) is 3.02. The van der Waals surface area contributed by atoms with Crippen molar-refractivity contribution in [1.82, 2.24) is 9.88 Å². The highest BCUT2D eigenvalue weighted by molar-refractivity contribution is 8.00. The lowest BCUT2D eigenvalue weighted by molar-refractivity contribution is 0.0742. The second kappa shape index (κ2) is 4.18. The van der Waals surface area contributed by atoms with Crippen molar-refractivity contribution in [2.75, 3.05) is 12.3 Å². The third-order valence-electron chi connectivity index (χ3n) is 3.97. The van der Waals surface area contributed by atoms with E-state index < -0.39 is 0 Å². The van der Waals surface area contributed by atoms with E-state index in [2.05, 4.69) is 4.98 Å². The first-order valence-electron chi connectivity index (χ1n) is 6.41. The number of carbonyl (C=O) groups excluding carboxylic acids is 1. The number of aromatic amines is 1. The largest absolute Gasteiger partial charge is 0.351 e. The van der Waals surface area contributed by atoms with Gasteiger partial charge < -0.3 is 9.88 Å². The van der Waals surface area contributed by atoms with E-state index in [9.17, 15) is 4.79 Å². The van der Waals surface area contributed by atoms with Gasteiger partial charge in [-0.1, -0.05) is 11.6 Å². The summed E-state index contributed by atoms with van der Waals surface area (Å²) < 4.78 is 0. The van der Waals surface area contributed by atoms with Gasteiger partial charge in [0.15, 0.2) is 0 Å². The number of thioether (sulfide) groups is 1. The molecule has 0 aliphatic carbocycles. The van der Waals surface area contributed by atoms with Crippen molar-refractivity contribution in [3.05, 3.63) is 35.0 Å². The molecule has 2 saturated heterocycles. The molecule has 2 aromatic rings. The highest BCUT2D eigenvalue weighted by atomic mass is 35.5. The summed E-state index contributed by atoms with van der Waals surface area (Å²) in [6, 6.07) is 7.97. The Labute approximate surface area is 120 Å². The summed E-state index contributed by atoms with van der Waals surface area (Å²) in [5, 5.41) is 2.34. The van der Waals surface area contributed by atoms with Gasteiger partial charge in [-0.15, -0.1) is 0 Å². The van der Waals surface area contributed by atoms with Crippen LogP contribution in [0.25, 0.3) is 10.9 Å². The summed E-state index contributed by atoms with van der Waals surface area (Å²) in [5.74, 6) is 1.21. The summed E-state index contributed by atoms with van der Waals surface area (Å²) in [5.41, 5.74) is 1.64. The zero-order valence-electron chi connectivity index (χ0n) is 10.2. The van der Waals surface area contributed by atoms with E-state index in [-0.39, 0.29) is 5.91 Å².